The summed E-state index contributed by atoms with van der Waals surface area (Å²) >= 11 is 0. The van der Waals surface area contributed by atoms with Gasteiger partial charge in [-0.25, -0.2) is 0 Å². The fourth-order valence-corrected chi connectivity index (χ4v) is 15.1. The van der Waals surface area contributed by atoms with E-state index in [2.05, 4.69) is 26.8 Å². The number of carbonyl (C=O) groups is 2. The predicted octanol–water partition coefficient (Wildman–Crippen LogP) is -1.09. The van der Waals surface area contributed by atoms with E-state index < -0.39 is 139 Å². The molecule has 3 saturated heterocycles. The highest BCUT2D eigenvalue weighted by molar-refractivity contribution is 5.81. The summed E-state index contributed by atoms with van der Waals surface area (Å²) in [6.45, 7) is 8.79. The first kappa shape index (κ1) is 52.4. The third-order valence-electron chi connectivity index (χ3n) is 19.5. The lowest BCUT2D eigenvalue weighted by Gasteiger charge is -2.71. The molecule has 0 aromatic carbocycles. The van der Waals surface area contributed by atoms with E-state index in [1.54, 1.807) is 0 Å². The summed E-state index contributed by atoms with van der Waals surface area (Å²) in [6.07, 6.45) is -15.1. The van der Waals surface area contributed by atoms with Gasteiger partial charge in [-0.3, -0.25) is 9.59 Å². The minimum atomic E-state index is -1.77. The maximum Gasteiger partial charge on any atom is 0.315 e. The quantitative estimate of drug-likeness (QED) is 0.0704. The van der Waals surface area contributed by atoms with Gasteiger partial charge in [0.05, 0.1) is 50.5 Å². The van der Waals surface area contributed by atoms with Crippen LogP contribution in [0.25, 0.3) is 0 Å². The Kier molecular flexibility index (Phi) is 14.5. The molecule has 4 saturated carbocycles. The lowest BCUT2D eigenvalue weighted by atomic mass is 9.33. The Morgan fingerprint density at radius 1 is 0.676 bits per heavy atom. The van der Waals surface area contributed by atoms with Gasteiger partial charge in [-0.15, -0.1) is 0 Å². The van der Waals surface area contributed by atoms with E-state index in [1.807, 2.05) is 13.8 Å². The van der Waals surface area contributed by atoms with Gasteiger partial charge in [-0.2, -0.15) is 0 Å². The SMILES string of the molecule is COC(=O)[C@@]1(C)CC[C@]2(C(=O)O[C@@H]3O[C@H](CO)[C@@H](O)[C@H](O)[C@H]3O)CC[C@]3(C)C(=CC[C@@H]4[C@@]5(C)CC[C@H](O[C@@H]6OC[C@H](O)[C@H](O[C@@H]7O[C@H](CO)[C@@H](O)[C@H](O)[C@H]7O)[C@H]6O)[C@@](C)(CO)[C@@H]5CC[C@]43C)[C@@H]2C1. The van der Waals surface area contributed by atoms with E-state index in [4.69, 9.17) is 33.2 Å². The second-order valence-electron chi connectivity index (χ2n) is 22.7. The summed E-state index contributed by atoms with van der Waals surface area (Å²) in [4.78, 5) is 28.3. The van der Waals surface area contributed by atoms with E-state index in [9.17, 15) is 65.8 Å². The number of esters is 2. The van der Waals surface area contributed by atoms with Crippen LogP contribution in [0.15, 0.2) is 11.6 Å². The molecule has 5 aliphatic carbocycles. The number of hydrogen-bond donors (Lipinski definition) is 11. The summed E-state index contributed by atoms with van der Waals surface area (Å²) in [5, 5.41) is 116. The molecule has 388 valence electrons. The first-order valence-electron chi connectivity index (χ1n) is 24.5. The second kappa shape index (κ2) is 18.8. The molecule has 0 radical (unpaired) electrons. The maximum absolute atomic E-state index is 14.8. The molecule has 20 heteroatoms. The summed E-state index contributed by atoms with van der Waals surface area (Å²) in [7, 11) is 1.35. The molecule has 0 spiro atoms. The molecule has 0 amide bonds. The zero-order valence-corrected chi connectivity index (χ0v) is 40.0. The van der Waals surface area contributed by atoms with Gasteiger partial charge >= 0.3 is 11.9 Å². The number of hydrogen-bond acceptors (Lipinski definition) is 20. The van der Waals surface area contributed by atoms with E-state index in [0.29, 0.717) is 51.4 Å². The Balaban J connectivity index is 1.04. The molecule has 68 heavy (non-hydrogen) atoms. The zero-order chi connectivity index (χ0) is 49.7. The monoisotopic (exact) mass is 972 g/mol. The molecule has 3 aliphatic heterocycles. The summed E-state index contributed by atoms with van der Waals surface area (Å²) < 4.78 is 40.7. The molecule has 0 aromatic rings. The smallest absolute Gasteiger partial charge is 0.315 e. The van der Waals surface area contributed by atoms with E-state index in [-0.39, 0.29) is 48.3 Å². The number of aliphatic hydroxyl groups excluding tert-OH is 11. The highest BCUT2D eigenvalue weighted by Crippen LogP contribution is 2.76. The van der Waals surface area contributed by atoms with Crippen molar-refractivity contribution in [1.82, 2.24) is 0 Å². The molecule has 0 unspecified atom stereocenters. The lowest BCUT2D eigenvalue weighted by molar-refractivity contribution is -0.358. The fourth-order valence-electron chi connectivity index (χ4n) is 15.1. The number of allylic oxidation sites excluding steroid dienone is 2. The van der Waals surface area contributed by atoms with Crippen molar-refractivity contribution >= 4 is 11.9 Å². The Morgan fingerprint density at radius 3 is 1.91 bits per heavy atom. The molecule has 24 atom stereocenters. The molecule has 3 heterocycles. The van der Waals surface area contributed by atoms with Crippen LogP contribution in [0.4, 0.5) is 0 Å². The van der Waals surface area contributed by atoms with E-state index in [1.165, 1.54) is 7.11 Å². The Hall–Kier alpha value is -1.96. The third-order valence-corrected chi connectivity index (χ3v) is 19.5. The lowest BCUT2D eigenvalue weighted by Crippen LogP contribution is -2.67. The van der Waals surface area contributed by atoms with Gasteiger partial charge in [0.1, 0.15) is 67.1 Å². The highest BCUT2D eigenvalue weighted by atomic mass is 16.7. The van der Waals surface area contributed by atoms with Crippen molar-refractivity contribution in [2.24, 2.45) is 50.2 Å². The number of fused-ring (bicyclic) bond motifs is 7. The number of aliphatic hydroxyl groups is 11. The molecule has 0 bridgehead atoms. The van der Waals surface area contributed by atoms with Crippen LogP contribution in [0.3, 0.4) is 0 Å². The standard InChI is InChI=1S/C48H76O20/c1-43(41(60)62-6)13-15-48(42(61)68-40-35(58)33(56)31(54)26(19-50)65-40)16-14-46(4)22(23(48)17-43)7-8-28-44(2)11-10-29(45(3,21-51)27(44)9-12-47(28,46)5)66-38-36(59)37(24(52)20-63-38)67-39-34(57)32(55)30(53)25(18-49)64-39/h7,23-40,49-59H,8-21H2,1-6H3/t23-,24-,25+,26+,27+,28+,29-,30+,31+,32-,33-,34+,35+,36+,37-,38-,39-,40-,43-,44-,45-,46+,47+,48-/m0/s1. The average molecular weight is 973 g/mol. The van der Waals surface area contributed by atoms with Crippen LogP contribution in [0.2, 0.25) is 0 Å². The van der Waals surface area contributed by atoms with Crippen molar-refractivity contribution in [2.45, 2.75) is 191 Å². The summed E-state index contributed by atoms with van der Waals surface area (Å²) in [6, 6.07) is 0. The van der Waals surface area contributed by atoms with E-state index in [0.717, 1.165) is 12.0 Å². The van der Waals surface area contributed by atoms with Crippen molar-refractivity contribution in [1.29, 1.82) is 0 Å². The molecular formula is C48H76O20. The van der Waals surface area contributed by atoms with Crippen LogP contribution < -0.4 is 0 Å². The van der Waals surface area contributed by atoms with Gasteiger partial charge in [0.2, 0.25) is 6.29 Å². The normalized spacial score (nSPS) is 53.7. The molecule has 8 aliphatic rings. The molecule has 20 nitrogen and oxygen atoms in total. The van der Waals surface area contributed by atoms with E-state index >= 15 is 0 Å². The van der Waals surface area contributed by atoms with Gasteiger partial charge in [0.15, 0.2) is 12.6 Å². The molecule has 0 aromatic heterocycles. The second-order valence-corrected chi connectivity index (χ2v) is 22.7. The summed E-state index contributed by atoms with van der Waals surface area (Å²) in [5.41, 5.74) is -2.95. The van der Waals surface area contributed by atoms with Crippen molar-refractivity contribution < 1.29 is 98.9 Å². The topological polar surface area (TPSA) is 321 Å². The van der Waals surface area contributed by atoms with Crippen LogP contribution in [-0.2, 0) is 42.7 Å². The third kappa shape index (κ3) is 7.94. The van der Waals surface area contributed by atoms with Crippen molar-refractivity contribution in [3.8, 4) is 0 Å². The minimum absolute atomic E-state index is 0.0728. The Labute approximate surface area is 396 Å². The predicted molar refractivity (Wildman–Crippen MR) is 232 cm³/mol. The van der Waals surface area contributed by atoms with Crippen molar-refractivity contribution in [3.05, 3.63) is 11.6 Å². The van der Waals surface area contributed by atoms with Crippen LogP contribution >= 0.6 is 0 Å². The number of methoxy groups -OCH3 is 1. The van der Waals surface area contributed by atoms with Gasteiger partial charge in [0, 0.05) is 5.41 Å². The number of ether oxygens (including phenoxy) is 7. The van der Waals surface area contributed by atoms with Crippen LogP contribution in [0, 0.1) is 50.2 Å². The number of carbonyl (C=O) groups excluding carboxylic acids is 2. The van der Waals surface area contributed by atoms with Crippen LogP contribution in [0.5, 0.6) is 0 Å². The largest absolute Gasteiger partial charge is 0.469 e. The first-order valence-corrected chi connectivity index (χ1v) is 24.5. The molecule has 7 fully saturated rings. The van der Waals surface area contributed by atoms with Crippen LogP contribution in [0.1, 0.15) is 98.8 Å². The van der Waals surface area contributed by atoms with Crippen molar-refractivity contribution in [3.63, 3.8) is 0 Å². The molecule has 11 N–H and O–H groups in total. The van der Waals surface area contributed by atoms with Gasteiger partial charge in [-0.05, 0) is 105 Å². The van der Waals surface area contributed by atoms with Crippen molar-refractivity contribution in [2.75, 3.05) is 33.5 Å². The molecule has 8 rings (SSSR count). The molecular weight excluding hydrogens is 897 g/mol. The highest BCUT2D eigenvalue weighted by Gasteiger charge is 2.71. The van der Waals surface area contributed by atoms with Crippen LogP contribution in [-0.4, -0.2) is 194 Å². The van der Waals surface area contributed by atoms with Gasteiger partial charge in [-0.1, -0.05) is 39.3 Å². The number of rotatable bonds is 10. The average Bonchev–Trinajstić information content (AvgIpc) is 3.31. The minimum Gasteiger partial charge on any atom is -0.469 e. The maximum atomic E-state index is 14.8. The Morgan fingerprint density at radius 2 is 1.29 bits per heavy atom. The van der Waals surface area contributed by atoms with Gasteiger partial charge < -0.3 is 89.3 Å². The van der Waals surface area contributed by atoms with Gasteiger partial charge in [0.25, 0.3) is 0 Å². The zero-order valence-electron chi connectivity index (χ0n) is 40.0. The summed E-state index contributed by atoms with van der Waals surface area (Å²) in [5.74, 6) is -1.47. The Bertz CT molecular complexity index is 1880. The fraction of sp³-hybridized carbons (Fsp3) is 0.917. The first-order chi connectivity index (χ1) is 31.9.